The molecule has 0 aliphatic carbocycles. The van der Waals surface area contributed by atoms with Crippen LogP contribution in [0.4, 0.5) is 5.82 Å². The van der Waals surface area contributed by atoms with Crippen LogP contribution in [-0.2, 0) is 4.79 Å². The molecule has 2 heterocycles. The van der Waals surface area contributed by atoms with Crippen molar-refractivity contribution in [2.24, 2.45) is 0 Å². The van der Waals surface area contributed by atoms with Gasteiger partial charge in [-0.25, -0.2) is 9.97 Å². The highest BCUT2D eigenvalue weighted by Crippen LogP contribution is 2.25. The number of piperazine rings is 1. The Labute approximate surface area is 192 Å². The molecule has 3 aromatic rings. The van der Waals surface area contributed by atoms with Gasteiger partial charge in [-0.2, -0.15) is 0 Å². The van der Waals surface area contributed by atoms with Gasteiger partial charge in [0.1, 0.15) is 23.6 Å². The van der Waals surface area contributed by atoms with Crippen molar-refractivity contribution in [3.8, 4) is 22.8 Å². The minimum atomic E-state index is -0.0534. The van der Waals surface area contributed by atoms with Crippen LogP contribution in [0, 0.1) is 0 Å². The van der Waals surface area contributed by atoms with Crippen LogP contribution >= 0.6 is 11.6 Å². The summed E-state index contributed by atoms with van der Waals surface area (Å²) in [6, 6.07) is 17.0. The van der Waals surface area contributed by atoms with E-state index in [9.17, 15) is 4.79 Å². The zero-order chi connectivity index (χ0) is 22.3. The highest BCUT2D eigenvalue weighted by molar-refractivity contribution is 6.32. The number of anilines is 1. The number of rotatable bonds is 7. The Morgan fingerprint density at radius 3 is 2.47 bits per heavy atom. The Bertz CT molecular complexity index is 1050. The Kier molecular flexibility index (Phi) is 7.07. The van der Waals surface area contributed by atoms with Gasteiger partial charge in [0, 0.05) is 37.8 Å². The number of nitrogens with zero attached hydrogens (tertiary/aromatic N) is 4. The van der Waals surface area contributed by atoms with Gasteiger partial charge in [-0.3, -0.25) is 4.79 Å². The van der Waals surface area contributed by atoms with Gasteiger partial charge in [-0.15, -0.1) is 0 Å². The molecule has 1 aliphatic heterocycles. The molecule has 7 nitrogen and oxygen atoms in total. The van der Waals surface area contributed by atoms with Crippen LogP contribution in [0.25, 0.3) is 11.3 Å². The third-order valence-corrected chi connectivity index (χ3v) is 5.57. The first-order valence-electron chi connectivity index (χ1n) is 10.6. The van der Waals surface area contributed by atoms with E-state index in [1.54, 1.807) is 18.5 Å². The largest absolute Gasteiger partial charge is 0.494 e. The topological polar surface area (TPSA) is 67.8 Å². The zero-order valence-corrected chi connectivity index (χ0v) is 18.7. The molecule has 0 saturated carbocycles. The molecular weight excluding hydrogens is 428 g/mol. The first kappa shape index (κ1) is 21.9. The van der Waals surface area contributed by atoms with Crippen molar-refractivity contribution < 1.29 is 14.3 Å². The van der Waals surface area contributed by atoms with Crippen LogP contribution in [0.3, 0.4) is 0 Å². The second-order valence-electron chi connectivity index (χ2n) is 7.31. The lowest BCUT2D eigenvalue weighted by molar-refractivity contribution is -0.133. The number of carbonyl (C=O) groups excluding carboxylic acids is 1. The lowest BCUT2D eigenvalue weighted by Crippen LogP contribution is -2.50. The van der Waals surface area contributed by atoms with Gasteiger partial charge in [0.2, 0.25) is 0 Å². The number of ether oxygens (including phenoxy) is 2. The van der Waals surface area contributed by atoms with E-state index in [4.69, 9.17) is 21.1 Å². The maximum absolute atomic E-state index is 12.5. The predicted octanol–water partition coefficient (Wildman–Crippen LogP) is 3.92. The van der Waals surface area contributed by atoms with Crippen molar-refractivity contribution in [3.05, 3.63) is 65.9 Å². The maximum atomic E-state index is 12.5. The highest BCUT2D eigenvalue weighted by atomic mass is 35.5. The fraction of sp³-hybridized carbons (Fsp3) is 0.292. The van der Waals surface area contributed by atoms with Crippen LogP contribution in [0.1, 0.15) is 6.92 Å². The molecule has 0 bridgehead atoms. The average molecular weight is 453 g/mol. The summed E-state index contributed by atoms with van der Waals surface area (Å²) in [7, 11) is 0. The van der Waals surface area contributed by atoms with Crippen LogP contribution in [-0.4, -0.2) is 60.2 Å². The number of hydrogen-bond donors (Lipinski definition) is 0. The van der Waals surface area contributed by atoms with Crippen LogP contribution in [0.5, 0.6) is 11.5 Å². The molecule has 0 radical (unpaired) electrons. The van der Waals surface area contributed by atoms with Crippen LogP contribution in [0.2, 0.25) is 5.02 Å². The van der Waals surface area contributed by atoms with Crippen molar-refractivity contribution in [2.75, 3.05) is 44.3 Å². The van der Waals surface area contributed by atoms with Gasteiger partial charge in [0.15, 0.2) is 6.61 Å². The Balaban J connectivity index is 1.33. The molecule has 166 valence electrons. The molecule has 1 amide bonds. The number of benzene rings is 2. The van der Waals surface area contributed by atoms with E-state index < -0.39 is 0 Å². The van der Waals surface area contributed by atoms with Gasteiger partial charge in [-0.05, 0) is 43.3 Å². The van der Waals surface area contributed by atoms with Gasteiger partial charge < -0.3 is 19.3 Å². The van der Waals surface area contributed by atoms with Gasteiger partial charge in [0.25, 0.3) is 5.91 Å². The molecule has 0 atom stereocenters. The highest BCUT2D eigenvalue weighted by Gasteiger charge is 2.22. The van der Waals surface area contributed by atoms with Crippen molar-refractivity contribution in [3.63, 3.8) is 0 Å². The molecule has 0 unspecified atom stereocenters. The molecule has 0 N–H and O–H groups in total. The van der Waals surface area contributed by atoms with E-state index in [2.05, 4.69) is 14.9 Å². The third kappa shape index (κ3) is 5.29. The van der Waals surface area contributed by atoms with E-state index in [1.165, 1.54) is 0 Å². The van der Waals surface area contributed by atoms with E-state index in [0.717, 1.165) is 22.8 Å². The molecule has 32 heavy (non-hydrogen) atoms. The smallest absolute Gasteiger partial charge is 0.260 e. The molecule has 1 fully saturated rings. The molecule has 1 aliphatic rings. The summed E-state index contributed by atoms with van der Waals surface area (Å²) in [5, 5.41) is 0.497. The second kappa shape index (κ2) is 10.3. The van der Waals surface area contributed by atoms with E-state index >= 15 is 0 Å². The number of carbonyl (C=O) groups is 1. The van der Waals surface area contributed by atoms with Gasteiger partial charge >= 0.3 is 0 Å². The Morgan fingerprint density at radius 2 is 1.75 bits per heavy atom. The Morgan fingerprint density at radius 1 is 1.00 bits per heavy atom. The molecule has 0 spiro atoms. The minimum Gasteiger partial charge on any atom is -0.494 e. The number of aromatic nitrogens is 2. The molecule has 1 saturated heterocycles. The van der Waals surface area contributed by atoms with Crippen molar-refractivity contribution >= 4 is 23.3 Å². The molecule has 4 rings (SSSR count). The number of hydrogen-bond acceptors (Lipinski definition) is 6. The van der Waals surface area contributed by atoms with Crippen molar-refractivity contribution in [2.45, 2.75) is 6.92 Å². The monoisotopic (exact) mass is 452 g/mol. The molecular formula is C24H25ClN4O3. The summed E-state index contributed by atoms with van der Waals surface area (Å²) in [5.74, 6) is 2.15. The second-order valence-corrected chi connectivity index (χ2v) is 7.71. The molecule has 1 aromatic heterocycles. The van der Waals surface area contributed by atoms with Crippen LogP contribution in [0.15, 0.2) is 60.9 Å². The summed E-state index contributed by atoms with van der Waals surface area (Å²) >= 11 is 6.08. The first-order valence-corrected chi connectivity index (χ1v) is 11.0. The quantitative estimate of drug-likeness (QED) is 0.541. The average Bonchev–Trinajstić information content (AvgIpc) is 2.84. The van der Waals surface area contributed by atoms with E-state index in [-0.39, 0.29) is 12.5 Å². The zero-order valence-electron chi connectivity index (χ0n) is 17.9. The normalized spacial score (nSPS) is 13.7. The summed E-state index contributed by atoms with van der Waals surface area (Å²) in [6.07, 6.45) is 1.58. The first-order chi connectivity index (χ1) is 15.6. The lowest BCUT2D eigenvalue weighted by Gasteiger charge is -2.35. The predicted molar refractivity (Wildman–Crippen MR) is 124 cm³/mol. The van der Waals surface area contributed by atoms with Gasteiger partial charge in [0.05, 0.1) is 17.3 Å². The van der Waals surface area contributed by atoms with E-state index in [0.29, 0.717) is 43.6 Å². The molecule has 2 aromatic carbocycles. The maximum Gasteiger partial charge on any atom is 0.260 e. The van der Waals surface area contributed by atoms with Crippen molar-refractivity contribution in [1.82, 2.24) is 14.9 Å². The summed E-state index contributed by atoms with van der Waals surface area (Å²) in [6.45, 7) is 5.16. The SMILES string of the molecule is CCOc1ccc(-c2cc(N3CCN(C(=O)COc4ccccc4Cl)CC3)ncn2)cc1. The van der Waals surface area contributed by atoms with Crippen molar-refractivity contribution in [1.29, 1.82) is 0 Å². The molecule has 8 heteroatoms. The van der Waals surface area contributed by atoms with Crippen LogP contribution < -0.4 is 14.4 Å². The van der Waals surface area contributed by atoms with E-state index in [1.807, 2.05) is 54.3 Å². The fourth-order valence-corrected chi connectivity index (χ4v) is 3.73. The summed E-state index contributed by atoms with van der Waals surface area (Å²) in [4.78, 5) is 25.4. The minimum absolute atomic E-state index is 0.0286. The fourth-order valence-electron chi connectivity index (χ4n) is 3.54. The van der Waals surface area contributed by atoms with Gasteiger partial charge in [-0.1, -0.05) is 23.7 Å². The number of para-hydroxylation sites is 1. The standard InChI is InChI=1S/C24H25ClN4O3/c1-2-31-19-9-7-18(8-10-19)21-15-23(27-17-26-21)28-11-13-29(14-12-28)24(30)16-32-22-6-4-3-5-20(22)25/h3-10,15,17H,2,11-14,16H2,1H3. The number of amides is 1. The summed E-state index contributed by atoms with van der Waals surface area (Å²) in [5.41, 5.74) is 1.85. The Hall–Kier alpha value is -3.32. The third-order valence-electron chi connectivity index (χ3n) is 5.26. The number of halogens is 1. The summed E-state index contributed by atoms with van der Waals surface area (Å²) < 4.78 is 11.1. The lowest BCUT2D eigenvalue weighted by atomic mass is 10.1.